The van der Waals surface area contributed by atoms with E-state index in [4.69, 9.17) is 17.3 Å². The summed E-state index contributed by atoms with van der Waals surface area (Å²) in [4.78, 5) is 16.0. The number of hydrogen-bond donors (Lipinski definition) is 1. The summed E-state index contributed by atoms with van der Waals surface area (Å²) < 4.78 is 0. The normalized spacial score (nSPS) is 16.2. The van der Waals surface area contributed by atoms with Gasteiger partial charge in [-0.25, -0.2) is 0 Å². The number of carbonyl (C=O) groups excluding carboxylic acids is 1. The number of halogens is 1. The Morgan fingerprint density at radius 2 is 1.50 bits per heavy atom. The van der Waals surface area contributed by atoms with Crippen LogP contribution in [0.5, 0.6) is 0 Å². The van der Waals surface area contributed by atoms with Crippen LogP contribution in [0.1, 0.15) is 21.5 Å². The molecule has 1 amide bonds. The second-order valence-corrected chi connectivity index (χ2v) is 6.68. The van der Waals surface area contributed by atoms with E-state index in [0.717, 1.165) is 44.3 Å². The molecule has 2 aromatic carbocycles. The van der Waals surface area contributed by atoms with E-state index in [-0.39, 0.29) is 5.91 Å². The Labute approximate surface area is 147 Å². The van der Waals surface area contributed by atoms with Crippen LogP contribution < -0.4 is 5.73 Å². The molecule has 126 valence electrons. The van der Waals surface area contributed by atoms with Gasteiger partial charge in [-0.3, -0.25) is 14.6 Å². The summed E-state index contributed by atoms with van der Waals surface area (Å²) in [5, 5.41) is 0.797. The predicted octanol–water partition coefficient (Wildman–Crippen LogP) is 2.76. The third-order valence-electron chi connectivity index (χ3n) is 4.40. The van der Waals surface area contributed by atoms with Crippen molar-refractivity contribution in [3.05, 3.63) is 70.2 Å². The maximum atomic E-state index is 11.1. The van der Waals surface area contributed by atoms with Crippen LogP contribution in [-0.2, 0) is 13.1 Å². The number of nitrogens with zero attached hydrogens (tertiary/aromatic N) is 2. The van der Waals surface area contributed by atoms with Crippen molar-refractivity contribution in [1.29, 1.82) is 0 Å². The van der Waals surface area contributed by atoms with Gasteiger partial charge in [0, 0.05) is 49.9 Å². The molecule has 1 aliphatic heterocycles. The first-order valence-corrected chi connectivity index (χ1v) is 8.56. The molecule has 0 aliphatic carbocycles. The Hall–Kier alpha value is -1.88. The summed E-state index contributed by atoms with van der Waals surface area (Å²) >= 11 is 6.05. The molecule has 0 aromatic heterocycles. The van der Waals surface area contributed by atoms with Crippen LogP contribution in [0.3, 0.4) is 0 Å². The number of nitrogens with two attached hydrogens (primary N) is 1. The van der Waals surface area contributed by atoms with Crippen molar-refractivity contribution in [3.63, 3.8) is 0 Å². The average molecular weight is 344 g/mol. The highest BCUT2D eigenvalue weighted by Gasteiger charge is 2.17. The number of benzene rings is 2. The van der Waals surface area contributed by atoms with E-state index in [0.29, 0.717) is 5.56 Å². The van der Waals surface area contributed by atoms with Crippen LogP contribution in [0.4, 0.5) is 0 Å². The number of piperazine rings is 1. The Morgan fingerprint density at radius 3 is 2.04 bits per heavy atom. The monoisotopic (exact) mass is 343 g/mol. The largest absolute Gasteiger partial charge is 0.366 e. The fraction of sp³-hybridized carbons (Fsp3) is 0.316. The van der Waals surface area contributed by atoms with Gasteiger partial charge >= 0.3 is 0 Å². The summed E-state index contributed by atoms with van der Waals surface area (Å²) in [6.07, 6.45) is 0. The molecular formula is C19H22ClN3O. The fourth-order valence-corrected chi connectivity index (χ4v) is 3.24. The Kier molecular flexibility index (Phi) is 5.51. The third-order valence-corrected chi connectivity index (χ3v) is 4.64. The first kappa shape index (κ1) is 17.0. The Morgan fingerprint density at radius 1 is 0.917 bits per heavy atom. The van der Waals surface area contributed by atoms with Gasteiger partial charge in [0.25, 0.3) is 0 Å². The minimum absolute atomic E-state index is 0.379. The zero-order chi connectivity index (χ0) is 16.9. The molecule has 0 unspecified atom stereocenters. The highest BCUT2D eigenvalue weighted by Crippen LogP contribution is 2.15. The predicted molar refractivity (Wildman–Crippen MR) is 97.0 cm³/mol. The van der Waals surface area contributed by atoms with E-state index < -0.39 is 0 Å². The maximum absolute atomic E-state index is 11.1. The van der Waals surface area contributed by atoms with Crippen molar-refractivity contribution in [2.75, 3.05) is 26.2 Å². The number of rotatable bonds is 5. The van der Waals surface area contributed by atoms with E-state index in [9.17, 15) is 4.79 Å². The van der Waals surface area contributed by atoms with Crippen molar-refractivity contribution in [1.82, 2.24) is 9.80 Å². The third kappa shape index (κ3) is 4.57. The lowest BCUT2D eigenvalue weighted by molar-refractivity contribution is 0.1000. The molecule has 0 bridgehead atoms. The molecule has 0 spiro atoms. The zero-order valence-corrected chi connectivity index (χ0v) is 14.4. The molecule has 1 saturated heterocycles. The van der Waals surface area contributed by atoms with Crippen molar-refractivity contribution < 1.29 is 4.79 Å². The number of primary amides is 1. The van der Waals surface area contributed by atoms with Crippen molar-refractivity contribution >= 4 is 17.5 Å². The lowest BCUT2D eigenvalue weighted by Gasteiger charge is -2.34. The van der Waals surface area contributed by atoms with Crippen LogP contribution in [0.15, 0.2) is 48.5 Å². The van der Waals surface area contributed by atoms with E-state index in [2.05, 4.69) is 15.9 Å². The van der Waals surface area contributed by atoms with Crippen LogP contribution in [0.25, 0.3) is 0 Å². The first-order chi connectivity index (χ1) is 11.6. The molecule has 0 atom stereocenters. The second-order valence-electron chi connectivity index (χ2n) is 6.24. The second kappa shape index (κ2) is 7.79. The molecule has 2 aromatic rings. The van der Waals surface area contributed by atoms with Gasteiger partial charge in [0.05, 0.1) is 0 Å². The van der Waals surface area contributed by atoms with Crippen LogP contribution >= 0.6 is 11.6 Å². The minimum Gasteiger partial charge on any atom is -0.366 e. The summed E-state index contributed by atoms with van der Waals surface area (Å²) in [6, 6.07) is 15.6. The first-order valence-electron chi connectivity index (χ1n) is 8.18. The molecule has 24 heavy (non-hydrogen) atoms. The molecule has 3 rings (SSSR count). The molecule has 5 heteroatoms. The SMILES string of the molecule is NC(=O)c1ccc(CN2CCN(Cc3cccc(Cl)c3)CC2)cc1. The molecule has 0 radical (unpaired) electrons. The highest BCUT2D eigenvalue weighted by atomic mass is 35.5. The number of hydrogen-bond acceptors (Lipinski definition) is 3. The minimum atomic E-state index is -0.379. The van der Waals surface area contributed by atoms with Crippen LogP contribution in [-0.4, -0.2) is 41.9 Å². The van der Waals surface area contributed by atoms with E-state index >= 15 is 0 Å². The van der Waals surface area contributed by atoms with Crippen molar-refractivity contribution in [3.8, 4) is 0 Å². The lowest BCUT2D eigenvalue weighted by Crippen LogP contribution is -2.45. The quantitative estimate of drug-likeness (QED) is 0.908. The van der Waals surface area contributed by atoms with Crippen molar-refractivity contribution in [2.24, 2.45) is 5.73 Å². The number of carbonyl (C=O) groups is 1. The number of amides is 1. The van der Waals surface area contributed by atoms with Gasteiger partial charge in [-0.2, -0.15) is 0 Å². The Balaban J connectivity index is 1.49. The fourth-order valence-electron chi connectivity index (χ4n) is 3.03. The van der Waals surface area contributed by atoms with Gasteiger partial charge in [-0.1, -0.05) is 35.9 Å². The van der Waals surface area contributed by atoms with Gasteiger partial charge in [-0.15, -0.1) is 0 Å². The molecule has 1 heterocycles. The topological polar surface area (TPSA) is 49.6 Å². The molecule has 0 saturated carbocycles. The van der Waals surface area contributed by atoms with Gasteiger partial charge in [0.2, 0.25) is 5.91 Å². The van der Waals surface area contributed by atoms with E-state index in [1.807, 2.05) is 30.3 Å². The van der Waals surface area contributed by atoms with Crippen LogP contribution in [0, 0.1) is 0 Å². The zero-order valence-electron chi connectivity index (χ0n) is 13.6. The summed E-state index contributed by atoms with van der Waals surface area (Å²) in [5.74, 6) is -0.379. The lowest BCUT2D eigenvalue weighted by atomic mass is 10.1. The van der Waals surface area contributed by atoms with Gasteiger partial charge in [0.1, 0.15) is 0 Å². The molecule has 4 nitrogen and oxygen atoms in total. The van der Waals surface area contributed by atoms with E-state index in [1.165, 1.54) is 11.1 Å². The average Bonchev–Trinajstić information content (AvgIpc) is 2.57. The van der Waals surface area contributed by atoms with Crippen molar-refractivity contribution in [2.45, 2.75) is 13.1 Å². The molecule has 1 fully saturated rings. The summed E-state index contributed by atoms with van der Waals surface area (Å²) in [6.45, 7) is 6.03. The Bertz CT molecular complexity index is 694. The summed E-state index contributed by atoms with van der Waals surface area (Å²) in [7, 11) is 0. The van der Waals surface area contributed by atoms with Gasteiger partial charge < -0.3 is 5.73 Å². The van der Waals surface area contributed by atoms with E-state index in [1.54, 1.807) is 12.1 Å². The molecule has 2 N–H and O–H groups in total. The molecular weight excluding hydrogens is 322 g/mol. The standard InChI is InChI=1S/C19H22ClN3O/c20-18-3-1-2-16(12-18)14-23-10-8-22(9-11-23)13-15-4-6-17(7-5-15)19(21)24/h1-7,12H,8-11,13-14H2,(H2,21,24). The summed E-state index contributed by atoms with van der Waals surface area (Å²) in [5.41, 5.74) is 8.31. The van der Waals surface area contributed by atoms with Gasteiger partial charge in [-0.05, 0) is 35.4 Å². The highest BCUT2D eigenvalue weighted by molar-refractivity contribution is 6.30. The van der Waals surface area contributed by atoms with Gasteiger partial charge in [0.15, 0.2) is 0 Å². The smallest absolute Gasteiger partial charge is 0.248 e. The van der Waals surface area contributed by atoms with Crippen LogP contribution in [0.2, 0.25) is 5.02 Å². The maximum Gasteiger partial charge on any atom is 0.248 e. The molecule has 1 aliphatic rings.